The molecule has 28 heavy (non-hydrogen) atoms. The normalized spacial score (nSPS) is 20.9. The molecule has 4 rings (SSSR count). The van der Waals surface area contributed by atoms with Gasteiger partial charge in [-0.05, 0) is 47.4 Å². The van der Waals surface area contributed by atoms with Crippen LogP contribution < -0.4 is 5.32 Å². The van der Waals surface area contributed by atoms with Gasteiger partial charge in [-0.1, -0.05) is 55.0 Å². The maximum absolute atomic E-state index is 12.2. The average Bonchev–Trinajstić information content (AvgIpc) is 3.05. The second-order valence-electron chi connectivity index (χ2n) is 7.77. The van der Waals surface area contributed by atoms with Crippen molar-refractivity contribution in [3.63, 3.8) is 0 Å². The summed E-state index contributed by atoms with van der Waals surface area (Å²) in [4.78, 5) is 23.4. The Morgan fingerprint density at radius 2 is 1.64 bits per heavy atom. The van der Waals surface area contributed by atoms with Gasteiger partial charge in [0.05, 0.1) is 5.92 Å². The van der Waals surface area contributed by atoms with Gasteiger partial charge < -0.3 is 15.2 Å². The van der Waals surface area contributed by atoms with Gasteiger partial charge in [-0.25, -0.2) is 4.79 Å². The number of carboxylic acids is 1. The number of aliphatic carboxylic acids is 1. The predicted molar refractivity (Wildman–Crippen MR) is 106 cm³/mol. The first-order valence-corrected chi connectivity index (χ1v) is 9.95. The molecule has 5 heteroatoms. The lowest BCUT2D eigenvalue weighted by atomic mass is 9.81. The highest BCUT2D eigenvalue weighted by Gasteiger charge is 2.30. The van der Waals surface area contributed by atoms with E-state index >= 15 is 0 Å². The van der Waals surface area contributed by atoms with Crippen molar-refractivity contribution >= 4 is 12.1 Å². The van der Waals surface area contributed by atoms with Crippen LogP contribution in [0.4, 0.5) is 4.79 Å². The number of rotatable bonds is 5. The van der Waals surface area contributed by atoms with E-state index in [1.807, 2.05) is 24.3 Å². The highest BCUT2D eigenvalue weighted by molar-refractivity contribution is 5.79. The van der Waals surface area contributed by atoms with E-state index in [0.717, 1.165) is 19.3 Å². The zero-order chi connectivity index (χ0) is 19.5. The van der Waals surface area contributed by atoms with E-state index in [1.165, 1.54) is 22.3 Å². The Morgan fingerprint density at radius 1 is 1.00 bits per heavy atom. The molecule has 0 aliphatic heterocycles. The van der Waals surface area contributed by atoms with E-state index in [1.54, 1.807) is 0 Å². The molecular weight excluding hydrogens is 354 g/mol. The molecule has 2 aliphatic carbocycles. The number of fused-ring (bicyclic) bond motifs is 3. The summed E-state index contributed by atoms with van der Waals surface area (Å²) in [5.41, 5.74) is 4.78. The molecule has 2 aromatic carbocycles. The highest BCUT2D eigenvalue weighted by Crippen LogP contribution is 2.44. The summed E-state index contributed by atoms with van der Waals surface area (Å²) < 4.78 is 5.54. The van der Waals surface area contributed by atoms with E-state index < -0.39 is 12.1 Å². The number of alkyl carbamates (subject to hydrolysis) is 1. The van der Waals surface area contributed by atoms with Crippen molar-refractivity contribution in [3.8, 4) is 11.1 Å². The van der Waals surface area contributed by atoms with Crippen LogP contribution in [-0.2, 0) is 9.53 Å². The first-order chi connectivity index (χ1) is 13.6. The topological polar surface area (TPSA) is 75.6 Å². The molecular formula is C23H25NO4. The Morgan fingerprint density at radius 3 is 2.29 bits per heavy atom. The van der Waals surface area contributed by atoms with Gasteiger partial charge in [-0.15, -0.1) is 0 Å². The zero-order valence-corrected chi connectivity index (χ0v) is 15.8. The van der Waals surface area contributed by atoms with Gasteiger partial charge in [0.1, 0.15) is 6.61 Å². The number of amides is 1. The molecule has 0 unspecified atom stereocenters. The molecule has 146 valence electrons. The molecule has 2 N–H and O–H groups in total. The second kappa shape index (κ2) is 8.05. The fourth-order valence-electron chi connectivity index (χ4n) is 4.58. The molecule has 2 aromatic rings. The van der Waals surface area contributed by atoms with Crippen LogP contribution in [0.2, 0.25) is 0 Å². The van der Waals surface area contributed by atoms with Crippen molar-refractivity contribution in [1.29, 1.82) is 0 Å². The summed E-state index contributed by atoms with van der Waals surface area (Å²) in [7, 11) is 0. The number of hydrogen-bond donors (Lipinski definition) is 2. The summed E-state index contributed by atoms with van der Waals surface area (Å²) >= 11 is 0. The minimum Gasteiger partial charge on any atom is -0.481 e. The summed E-state index contributed by atoms with van der Waals surface area (Å²) in [6, 6.07) is 16.5. The second-order valence-corrected chi connectivity index (χ2v) is 7.77. The monoisotopic (exact) mass is 379 g/mol. The fourth-order valence-corrected chi connectivity index (χ4v) is 4.58. The molecule has 0 saturated heterocycles. The van der Waals surface area contributed by atoms with Gasteiger partial charge >= 0.3 is 12.1 Å². The predicted octanol–water partition coefficient (Wildman–Crippen LogP) is 4.42. The third-order valence-corrected chi connectivity index (χ3v) is 6.01. The minimum atomic E-state index is -0.731. The standard InChI is InChI=1S/C23H25NO4/c25-22(26)16-7-5-6-15(12-16)13-24-23(27)28-14-21-19-10-3-1-8-17(19)18-9-2-4-11-20(18)21/h1-4,8-11,15-16,21H,5-7,12-14H2,(H,24,27)(H,25,26)/t15-,16-/m1/s1. The van der Waals surface area contributed by atoms with Crippen molar-refractivity contribution in [2.75, 3.05) is 13.2 Å². The number of carbonyl (C=O) groups excluding carboxylic acids is 1. The Bertz CT molecular complexity index is 833. The van der Waals surface area contributed by atoms with Gasteiger partial charge in [0.2, 0.25) is 0 Å². The minimum absolute atomic E-state index is 0.0456. The van der Waals surface area contributed by atoms with Crippen molar-refractivity contribution in [1.82, 2.24) is 5.32 Å². The van der Waals surface area contributed by atoms with Crippen LogP contribution in [0.5, 0.6) is 0 Å². The van der Waals surface area contributed by atoms with Crippen LogP contribution in [0, 0.1) is 11.8 Å². The molecule has 1 fully saturated rings. The Balaban J connectivity index is 1.33. The number of carboxylic acid groups (broad SMARTS) is 1. The maximum Gasteiger partial charge on any atom is 0.407 e. The van der Waals surface area contributed by atoms with E-state index in [2.05, 4.69) is 29.6 Å². The zero-order valence-electron chi connectivity index (χ0n) is 15.8. The maximum atomic E-state index is 12.2. The number of carbonyl (C=O) groups is 2. The van der Waals surface area contributed by atoms with Crippen molar-refractivity contribution in [3.05, 3.63) is 59.7 Å². The molecule has 1 amide bonds. The summed E-state index contributed by atoms with van der Waals surface area (Å²) in [5, 5.41) is 12.0. The molecule has 0 heterocycles. The molecule has 2 aliphatic rings. The van der Waals surface area contributed by atoms with E-state index in [9.17, 15) is 14.7 Å². The fraction of sp³-hybridized carbons (Fsp3) is 0.391. The Kier molecular flexibility index (Phi) is 5.33. The van der Waals surface area contributed by atoms with Crippen LogP contribution in [0.25, 0.3) is 11.1 Å². The van der Waals surface area contributed by atoms with Crippen molar-refractivity contribution in [2.45, 2.75) is 31.6 Å². The molecule has 1 saturated carbocycles. The third-order valence-electron chi connectivity index (χ3n) is 6.01. The highest BCUT2D eigenvalue weighted by atomic mass is 16.5. The van der Waals surface area contributed by atoms with Crippen LogP contribution >= 0.6 is 0 Å². The number of ether oxygens (including phenoxy) is 1. The van der Waals surface area contributed by atoms with E-state index in [0.29, 0.717) is 19.6 Å². The van der Waals surface area contributed by atoms with Crippen LogP contribution in [0.15, 0.2) is 48.5 Å². The average molecular weight is 379 g/mol. The quantitative estimate of drug-likeness (QED) is 0.806. The van der Waals surface area contributed by atoms with Crippen molar-refractivity contribution < 1.29 is 19.4 Å². The van der Waals surface area contributed by atoms with Crippen LogP contribution in [0.1, 0.15) is 42.7 Å². The molecule has 2 atom stereocenters. The summed E-state index contributed by atoms with van der Waals surface area (Å²) in [6.07, 6.45) is 2.77. The molecule has 0 radical (unpaired) electrons. The van der Waals surface area contributed by atoms with Crippen molar-refractivity contribution in [2.24, 2.45) is 11.8 Å². The molecule has 0 aromatic heterocycles. The molecule has 0 spiro atoms. The van der Waals surface area contributed by atoms with Crippen LogP contribution in [0.3, 0.4) is 0 Å². The number of benzene rings is 2. The smallest absolute Gasteiger partial charge is 0.407 e. The molecule has 5 nitrogen and oxygen atoms in total. The van der Waals surface area contributed by atoms with Gasteiger partial charge in [0, 0.05) is 12.5 Å². The SMILES string of the molecule is O=C(NC[C@@H]1CCC[C@@H](C(=O)O)C1)OCC1c2ccccc2-c2ccccc21. The number of hydrogen-bond acceptors (Lipinski definition) is 3. The van der Waals surface area contributed by atoms with E-state index in [-0.39, 0.29) is 17.8 Å². The summed E-state index contributed by atoms with van der Waals surface area (Å²) in [6.45, 7) is 0.767. The third kappa shape index (κ3) is 3.75. The lowest BCUT2D eigenvalue weighted by molar-refractivity contribution is -0.143. The lowest BCUT2D eigenvalue weighted by Gasteiger charge is -2.26. The summed E-state index contributed by atoms with van der Waals surface area (Å²) in [5.74, 6) is -0.770. The van der Waals surface area contributed by atoms with Gasteiger partial charge in [0.25, 0.3) is 0 Å². The Labute approximate surface area is 164 Å². The first-order valence-electron chi connectivity index (χ1n) is 9.95. The molecule has 0 bridgehead atoms. The first kappa shape index (κ1) is 18.5. The largest absolute Gasteiger partial charge is 0.481 e. The number of nitrogens with one attached hydrogen (secondary N) is 1. The van der Waals surface area contributed by atoms with Gasteiger partial charge in [-0.3, -0.25) is 4.79 Å². The van der Waals surface area contributed by atoms with E-state index in [4.69, 9.17) is 4.74 Å². The van der Waals surface area contributed by atoms with Gasteiger partial charge in [0.15, 0.2) is 0 Å². The lowest BCUT2D eigenvalue weighted by Crippen LogP contribution is -2.34. The van der Waals surface area contributed by atoms with Crippen LogP contribution in [-0.4, -0.2) is 30.3 Å². The van der Waals surface area contributed by atoms with Gasteiger partial charge in [-0.2, -0.15) is 0 Å². The Hall–Kier alpha value is -2.82.